The first kappa shape index (κ1) is 15.9. The number of carbonyl (C=O) groups excluding carboxylic acids is 2. The van der Waals surface area contributed by atoms with Gasteiger partial charge in [-0.15, -0.1) is 0 Å². The molecule has 0 heterocycles. The fraction of sp³-hybridized carbons (Fsp3) is 0.429. The summed E-state index contributed by atoms with van der Waals surface area (Å²) in [6.45, 7) is 3.52. The lowest BCUT2D eigenvalue weighted by molar-refractivity contribution is -0.147. The number of hydrogen-bond donors (Lipinski definition) is 1. The number of nitrogens with one attached hydrogen (secondary N) is 1. The minimum atomic E-state index is -0.370. The minimum Gasteiger partial charge on any atom is -0.484 e. The molecule has 1 amide bonds. The van der Waals surface area contributed by atoms with Crippen molar-refractivity contribution in [3.63, 3.8) is 0 Å². The molecule has 0 atom stereocenters. The molecule has 0 fully saturated rings. The predicted octanol–water partition coefficient (Wildman–Crippen LogP) is 1.66. The van der Waals surface area contributed by atoms with Gasteiger partial charge in [0.05, 0.1) is 12.5 Å². The largest absolute Gasteiger partial charge is 0.484 e. The zero-order chi connectivity index (χ0) is 15.0. The molecule has 1 N–H and O–H groups in total. The van der Waals surface area contributed by atoms with Crippen molar-refractivity contribution in [3.05, 3.63) is 30.1 Å². The Kier molecular flexibility index (Phi) is 6.49. The fourth-order valence-corrected chi connectivity index (χ4v) is 1.36. The third-order valence-electron chi connectivity index (χ3n) is 2.20. The Morgan fingerprint density at radius 1 is 1.25 bits per heavy atom. The molecule has 0 radical (unpaired) electrons. The van der Waals surface area contributed by atoms with Crippen LogP contribution in [0.4, 0.5) is 4.39 Å². The molecule has 6 heteroatoms. The molecule has 0 saturated heterocycles. The highest BCUT2D eigenvalue weighted by molar-refractivity contribution is 5.78. The van der Waals surface area contributed by atoms with Crippen LogP contribution in [0.3, 0.4) is 0 Å². The number of esters is 1. The van der Waals surface area contributed by atoms with Gasteiger partial charge in [-0.05, 0) is 38.1 Å². The normalized spacial score (nSPS) is 10.2. The Morgan fingerprint density at radius 3 is 2.50 bits per heavy atom. The fourth-order valence-electron chi connectivity index (χ4n) is 1.36. The third-order valence-corrected chi connectivity index (χ3v) is 2.20. The number of halogens is 1. The average molecular weight is 283 g/mol. The molecule has 110 valence electrons. The number of amides is 1. The highest BCUT2D eigenvalue weighted by Crippen LogP contribution is 2.10. The lowest BCUT2D eigenvalue weighted by Crippen LogP contribution is -2.31. The standard InChI is InChI=1S/C14H18FNO4/c1-10(2)20-14(18)7-8-16-13(17)9-19-12-5-3-11(15)4-6-12/h3-6,10H,7-9H2,1-2H3,(H,16,17). The van der Waals surface area contributed by atoms with Gasteiger partial charge in [0.15, 0.2) is 6.61 Å². The quantitative estimate of drug-likeness (QED) is 0.773. The molecule has 0 spiro atoms. The summed E-state index contributed by atoms with van der Waals surface area (Å²) in [6.07, 6.45) is -0.0551. The van der Waals surface area contributed by atoms with Crippen molar-refractivity contribution >= 4 is 11.9 Å². The summed E-state index contributed by atoms with van der Waals surface area (Å²) in [7, 11) is 0. The second kappa shape index (κ2) is 8.14. The maximum atomic E-state index is 12.6. The van der Waals surface area contributed by atoms with Crippen LogP contribution in [0.25, 0.3) is 0 Å². The van der Waals surface area contributed by atoms with Gasteiger partial charge in [-0.1, -0.05) is 0 Å². The molecule has 1 aromatic rings. The van der Waals surface area contributed by atoms with E-state index in [0.29, 0.717) is 5.75 Å². The maximum Gasteiger partial charge on any atom is 0.307 e. The van der Waals surface area contributed by atoms with E-state index in [1.807, 2.05) is 0 Å². The molecule has 0 saturated carbocycles. The van der Waals surface area contributed by atoms with Gasteiger partial charge in [0, 0.05) is 6.54 Å². The highest BCUT2D eigenvalue weighted by Gasteiger charge is 2.07. The van der Waals surface area contributed by atoms with E-state index in [-0.39, 0.29) is 43.4 Å². The lowest BCUT2D eigenvalue weighted by atomic mass is 10.3. The molecule has 0 unspecified atom stereocenters. The minimum absolute atomic E-state index is 0.112. The molecule has 1 aromatic carbocycles. The van der Waals surface area contributed by atoms with Crippen molar-refractivity contribution in [1.82, 2.24) is 5.32 Å². The molecule has 0 aliphatic rings. The molecule has 0 aliphatic carbocycles. The number of ether oxygens (including phenoxy) is 2. The van der Waals surface area contributed by atoms with Crippen molar-refractivity contribution in [3.8, 4) is 5.75 Å². The third kappa shape index (κ3) is 6.72. The molecule has 0 aliphatic heterocycles. The van der Waals surface area contributed by atoms with Gasteiger partial charge in [-0.2, -0.15) is 0 Å². The summed E-state index contributed by atoms with van der Waals surface area (Å²) in [5.41, 5.74) is 0. The predicted molar refractivity (Wildman–Crippen MR) is 70.7 cm³/mol. The topological polar surface area (TPSA) is 64.6 Å². The zero-order valence-electron chi connectivity index (χ0n) is 11.5. The number of hydrogen-bond acceptors (Lipinski definition) is 4. The highest BCUT2D eigenvalue weighted by atomic mass is 19.1. The molecular weight excluding hydrogens is 265 g/mol. The first-order valence-electron chi connectivity index (χ1n) is 6.32. The van der Waals surface area contributed by atoms with Crippen molar-refractivity contribution in [2.75, 3.05) is 13.2 Å². The Balaban J connectivity index is 2.17. The second-order valence-corrected chi connectivity index (χ2v) is 4.38. The molecule has 5 nitrogen and oxygen atoms in total. The lowest BCUT2D eigenvalue weighted by Gasteiger charge is -2.09. The van der Waals surface area contributed by atoms with Crippen LogP contribution < -0.4 is 10.1 Å². The Bertz CT molecular complexity index is 445. The van der Waals surface area contributed by atoms with E-state index in [1.54, 1.807) is 13.8 Å². The number of rotatable bonds is 7. The van der Waals surface area contributed by atoms with E-state index in [9.17, 15) is 14.0 Å². The van der Waals surface area contributed by atoms with Crippen LogP contribution >= 0.6 is 0 Å². The first-order valence-corrected chi connectivity index (χ1v) is 6.32. The van der Waals surface area contributed by atoms with Crippen LogP contribution in [-0.4, -0.2) is 31.1 Å². The summed E-state index contributed by atoms with van der Waals surface area (Å²) in [4.78, 5) is 22.6. The van der Waals surface area contributed by atoms with Gasteiger partial charge in [0.25, 0.3) is 5.91 Å². The van der Waals surface area contributed by atoms with E-state index in [4.69, 9.17) is 9.47 Å². The van der Waals surface area contributed by atoms with E-state index < -0.39 is 0 Å². The SMILES string of the molecule is CC(C)OC(=O)CCNC(=O)COc1ccc(F)cc1. The molecule has 1 rings (SSSR count). The van der Waals surface area contributed by atoms with E-state index >= 15 is 0 Å². The van der Waals surface area contributed by atoms with E-state index in [0.717, 1.165) is 0 Å². The van der Waals surface area contributed by atoms with Gasteiger partial charge in [0.1, 0.15) is 11.6 Å². The molecule has 0 bridgehead atoms. The van der Waals surface area contributed by atoms with Crippen LogP contribution in [-0.2, 0) is 14.3 Å². The van der Waals surface area contributed by atoms with Gasteiger partial charge >= 0.3 is 5.97 Å². The number of benzene rings is 1. The van der Waals surface area contributed by atoms with Crippen molar-refractivity contribution in [2.45, 2.75) is 26.4 Å². The number of carbonyl (C=O) groups is 2. The van der Waals surface area contributed by atoms with Crippen molar-refractivity contribution in [2.24, 2.45) is 0 Å². The summed E-state index contributed by atoms with van der Waals surface area (Å²) >= 11 is 0. The van der Waals surface area contributed by atoms with Gasteiger partial charge in [-0.25, -0.2) is 4.39 Å². The van der Waals surface area contributed by atoms with Crippen LogP contribution in [0, 0.1) is 5.82 Å². The van der Waals surface area contributed by atoms with Crippen LogP contribution in [0.5, 0.6) is 5.75 Å². The van der Waals surface area contributed by atoms with Crippen molar-refractivity contribution < 1.29 is 23.5 Å². The molecule has 0 aromatic heterocycles. The summed E-state index contributed by atoms with van der Waals surface area (Å²) in [5.74, 6) is -0.683. The van der Waals surface area contributed by atoms with Crippen LogP contribution in [0.1, 0.15) is 20.3 Å². The average Bonchev–Trinajstić information content (AvgIpc) is 2.37. The van der Waals surface area contributed by atoms with Crippen LogP contribution in [0.15, 0.2) is 24.3 Å². The van der Waals surface area contributed by atoms with Gasteiger partial charge < -0.3 is 14.8 Å². The molecular formula is C14H18FNO4. The van der Waals surface area contributed by atoms with Gasteiger partial charge in [-0.3, -0.25) is 9.59 Å². The van der Waals surface area contributed by atoms with E-state index in [1.165, 1.54) is 24.3 Å². The second-order valence-electron chi connectivity index (χ2n) is 4.38. The van der Waals surface area contributed by atoms with E-state index in [2.05, 4.69) is 5.32 Å². The first-order chi connectivity index (χ1) is 9.47. The van der Waals surface area contributed by atoms with Gasteiger partial charge in [0.2, 0.25) is 0 Å². The summed E-state index contributed by atoms with van der Waals surface area (Å²) in [5, 5.41) is 2.53. The zero-order valence-corrected chi connectivity index (χ0v) is 11.5. The Morgan fingerprint density at radius 2 is 1.90 bits per heavy atom. The maximum absolute atomic E-state index is 12.6. The Labute approximate surface area is 117 Å². The Hall–Kier alpha value is -2.11. The monoisotopic (exact) mass is 283 g/mol. The van der Waals surface area contributed by atoms with Crippen LogP contribution in [0.2, 0.25) is 0 Å². The summed E-state index contributed by atoms with van der Waals surface area (Å²) < 4.78 is 22.7. The van der Waals surface area contributed by atoms with Crippen molar-refractivity contribution in [1.29, 1.82) is 0 Å². The smallest absolute Gasteiger partial charge is 0.307 e. The summed E-state index contributed by atoms with van der Waals surface area (Å²) in [6, 6.07) is 5.36. The molecule has 20 heavy (non-hydrogen) atoms.